The van der Waals surface area contributed by atoms with Crippen molar-refractivity contribution >= 4 is 21.7 Å². The van der Waals surface area contributed by atoms with Gasteiger partial charge in [-0.1, -0.05) is 6.92 Å². The zero-order valence-corrected chi connectivity index (χ0v) is 14.6. The molecule has 8 heteroatoms. The van der Waals surface area contributed by atoms with Crippen molar-refractivity contribution in [3.8, 4) is 0 Å². The minimum Gasteiger partial charge on any atom is -0.345 e. The number of sulfone groups is 1. The van der Waals surface area contributed by atoms with E-state index in [2.05, 4.69) is 5.32 Å². The zero-order chi connectivity index (χ0) is 16.9. The largest absolute Gasteiger partial charge is 0.345 e. The van der Waals surface area contributed by atoms with Gasteiger partial charge in [0, 0.05) is 25.2 Å². The second-order valence-electron chi connectivity index (χ2n) is 6.14. The van der Waals surface area contributed by atoms with Crippen molar-refractivity contribution in [2.75, 3.05) is 38.7 Å². The fourth-order valence-corrected chi connectivity index (χ4v) is 4.03. The van der Waals surface area contributed by atoms with Gasteiger partial charge >= 0.3 is 11.8 Å². The number of carbonyl (C=O) groups is 2. The maximum Gasteiger partial charge on any atom is 0.312 e. The van der Waals surface area contributed by atoms with Crippen LogP contribution in [0.25, 0.3) is 0 Å². The number of rotatable bonds is 6. The molecule has 1 aliphatic heterocycles. The molecule has 2 unspecified atom stereocenters. The van der Waals surface area contributed by atoms with E-state index in [1.54, 1.807) is 0 Å². The first-order valence-corrected chi connectivity index (χ1v) is 9.45. The van der Waals surface area contributed by atoms with Crippen molar-refractivity contribution in [3.63, 3.8) is 0 Å². The first kappa shape index (κ1) is 18.9. The number of nitrogens with one attached hydrogen (secondary N) is 1. The Kier molecular flexibility index (Phi) is 6.80. The Balaban J connectivity index is 2.81. The van der Waals surface area contributed by atoms with Crippen molar-refractivity contribution in [2.45, 2.75) is 38.8 Å². The lowest BCUT2D eigenvalue weighted by Crippen LogP contribution is -2.51. The normalized spacial score (nSPS) is 21.6. The summed E-state index contributed by atoms with van der Waals surface area (Å²) in [6.45, 7) is 4.68. The van der Waals surface area contributed by atoms with Crippen LogP contribution in [0, 0.1) is 0 Å². The van der Waals surface area contributed by atoms with Crippen LogP contribution < -0.4 is 5.32 Å². The summed E-state index contributed by atoms with van der Waals surface area (Å²) < 4.78 is 23.3. The lowest BCUT2D eigenvalue weighted by Gasteiger charge is -2.29. The Hall–Kier alpha value is -1.15. The molecule has 1 heterocycles. The third-order valence-corrected chi connectivity index (χ3v) is 5.63. The molecule has 1 aliphatic rings. The van der Waals surface area contributed by atoms with Gasteiger partial charge in [0.1, 0.15) is 0 Å². The molecule has 0 aromatic rings. The van der Waals surface area contributed by atoms with E-state index in [0.717, 1.165) is 6.42 Å². The summed E-state index contributed by atoms with van der Waals surface area (Å²) in [5.74, 6) is -1.26. The monoisotopic (exact) mass is 333 g/mol. The quantitative estimate of drug-likeness (QED) is 0.661. The molecule has 0 aliphatic carbocycles. The van der Waals surface area contributed by atoms with Crippen LogP contribution in [0.1, 0.15) is 26.7 Å². The SMILES string of the molecule is CCC(C)NC(=O)C(=O)N(CCN(C)C)C1CCS(=O)(=O)C1. The van der Waals surface area contributed by atoms with Crippen LogP contribution >= 0.6 is 0 Å². The highest BCUT2D eigenvalue weighted by molar-refractivity contribution is 7.91. The third-order valence-electron chi connectivity index (χ3n) is 3.88. The summed E-state index contributed by atoms with van der Waals surface area (Å²) in [6, 6.07) is -0.486. The number of carbonyl (C=O) groups excluding carboxylic acids is 2. The molecule has 22 heavy (non-hydrogen) atoms. The fraction of sp³-hybridized carbons (Fsp3) is 0.857. The van der Waals surface area contributed by atoms with Gasteiger partial charge in [0.25, 0.3) is 0 Å². The summed E-state index contributed by atoms with van der Waals surface area (Å²) in [5, 5.41) is 2.65. The highest BCUT2D eigenvalue weighted by atomic mass is 32.2. The number of likely N-dealkylation sites (N-methyl/N-ethyl adjacent to an activating group) is 1. The predicted molar refractivity (Wildman–Crippen MR) is 85.2 cm³/mol. The summed E-state index contributed by atoms with van der Waals surface area (Å²) >= 11 is 0. The van der Waals surface area contributed by atoms with Gasteiger partial charge in [-0.15, -0.1) is 0 Å². The van der Waals surface area contributed by atoms with E-state index in [0.29, 0.717) is 19.5 Å². The summed E-state index contributed by atoms with van der Waals surface area (Å²) in [4.78, 5) is 27.8. The average molecular weight is 333 g/mol. The molecule has 0 radical (unpaired) electrons. The highest BCUT2D eigenvalue weighted by Crippen LogP contribution is 2.18. The van der Waals surface area contributed by atoms with Crippen LogP contribution in [-0.4, -0.2) is 80.8 Å². The van der Waals surface area contributed by atoms with E-state index in [1.807, 2.05) is 32.8 Å². The van der Waals surface area contributed by atoms with E-state index in [1.165, 1.54) is 4.90 Å². The minimum atomic E-state index is -3.11. The predicted octanol–water partition coefficient (Wildman–Crippen LogP) is -0.522. The van der Waals surface area contributed by atoms with E-state index >= 15 is 0 Å². The standard InChI is InChI=1S/C14H27N3O4S/c1-5-11(2)15-13(18)14(19)17(8-7-16(3)4)12-6-9-22(20,21)10-12/h11-12H,5-10H2,1-4H3,(H,15,18). The van der Waals surface area contributed by atoms with Crippen molar-refractivity contribution in [3.05, 3.63) is 0 Å². The molecule has 1 N–H and O–H groups in total. The molecule has 2 atom stereocenters. The third kappa shape index (κ3) is 5.57. The second-order valence-corrected chi connectivity index (χ2v) is 8.37. The van der Waals surface area contributed by atoms with Crippen LogP contribution in [0.4, 0.5) is 0 Å². The van der Waals surface area contributed by atoms with Gasteiger partial charge in [-0.25, -0.2) is 8.42 Å². The zero-order valence-electron chi connectivity index (χ0n) is 13.8. The summed E-state index contributed by atoms with van der Waals surface area (Å²) in [6.07, 6.45) is 1.13. The number of nitrogens with zero attached hydrogens (tertiary/aromatic N) is 2. The molecule has 0 aromatic carbocycles. The topological polar surface area (TPSA) is 86.8 Å². The molecular formula is C14H27N3O4S. The molecule has 0 saturated carbocycles. The van der Waals surface area contributed by atoms with E-state index in [-0.39, 0.29) is 17.5 Å². The molecule has 7 nitrogen and oxygen atoms in total. The molecular weight excluding hydrogens is 306 g/mol. The first-order chi connectivity index (χ1) is 10.2. The van der Waals surface area contributed by atoms with Gasteiger partial charge in [0.05, 0.1) is 11.5 Å². The Bertz CT molecular complexity index is 504. The Labute approximate surface area is 132 Å². The Morgan fingerprint density at radius 1 is 1.27 bits per heavy atom. The van der Waals surface area contributed by atoms with E-state index in [4.69, 9.17) is 0 Å². The van der Waals surface area contributed by atoms with Crippen LogP contribution in [0.2, 0.25) is 0 Å². The minimum absolute atomic E-state index is 0.0528. The number of amides is 2. The maximum atomic E-state index is 12.4. The van der Waals surface area contributed by atoms with E-state index < -0.39 is 27.7 Å². The molecule has 1 fully saturated rings. The smallest absolute Gasteiger partial charge is 0.312 e. The molecule has 128 valence electrons. The first-order valence-electron chi connectivity index (χ1n) is 7.63. The second kappa shape index (κ2) is 7.92. The van der Waals surface area contributed by atoms with Gasteiger partial charge in [-0.3, -0.25) is 9.59 Å². The summed E-state index contributed by atoms with van der Waals surface area (Å²) in [7, 11) is 0.631. The average Bonchev–Trinajstić information content (AvgIpc) is 2.78. The Morgan fingerprint density at radius 3 is 2.36 bits per heavy atom. The van der Waals surface area contributed by atoms with Gasteiger partial charge < -0.3 is 15.1 Å². The molecule has 0 bridgehead atoms. The lowest BCUT2D eigenvalue weighted by atomic mass is 10.2. The molecule has 2 amide bonds. The van der Waals surface area contributed by atoms with Crippen molar-refractivity contribution < 1.29 is 18.0 Å². The molecule has 0 spiro atoms. The summed E-state index contributed by atoms with van der Waals surface area (Å²) in [5.41, 5.74) is 0. The van der Waals surface area contributed by atoms with Crippen LogP contribution in [0.3, 0.4) is 0 Å². The van der Waals surface area contributed by atoms with Crippen LogP contribution in [-0.2, 0) is 19.4 Å². The maximum absolute atomic E-state index is 12.4. The van der Waals surface area contributed by atoms with Crippen LogP contribution in [0.5, 0.6) is 0 Å². The van der Waals surface area contributed by atoms with Gasteiger partial charge in [-0.2, -0.15) is 0 Å². The van der Waals surface area contributed by atoms with E-state index in [9.17, 15) is 18.0 Å². The van der Waals surface area contributed by atoms with Crippen molar-refractivity contribution in [1.29, 1.82) is 0 Å². The van der Waals surface area contributed by atoms with Gasteiger partial charge in [0.2, 0.25) is 0 Å². The van der Waals surface area contributed by atoms with Crippen molar-refractivity contribution in [2.24, 2.45) is 0 Å². The van der Waals surface area contributed by atoms with Crippen molar-refractivity contribution in [1.82, 2.24) is 15.1 Å². The Morgan fingerprint density at radius 2 is 1.91 bits per heavy atom. The molecule has 1 saturated heterocycles. The molecule has 1 rings (SSSR count). The van der Waals surface area contributed by atoms with Gasteiger partial charge in [-0.05, 0) is 33.9 Å². The van der Waals surface area contributed by atoms with Crippen LogP contribution in [0.15, 0.2) is 0 Å². The highest BCUT2D eigenvalue weighted by Gasteiger charge is 2.36. The van der Waals surface area contributed by atoms with Gasteiger partial charge in [0.15, 0.2) is 9.84 Å². The molecule has 0 aromatic heterocycles. The number of hydrogen-bond donors (Lipinski definition) is 1. The number of hydrogen-bond acceptors (Lipinski definition) is 5. The lowest BCUT2D eigenvalue weighted by molar-refractivity contribution is -0.147. The fourth-order valence-electron chi connectivity index (χ4n) is 2.30.